The standard InChI is InChI=1S/C17H23NO5/c1-4-23-17(20)12-8-10-18(11-9-12)16(19)13-6-5-7-14(21-2)15(13)22-3/h5-7,12H,4,8-11H2,1-3H3. The molecule has 1 amide bonds. The van der Waals surface area contributed by atoms with Crippen LogP contribution in [0.25, 0.3) is 0 Å². The van der Waals surface area contributed by atoms with Crippen molar-refractivity contribution >= 4 is 11.9 Å². The molecule has 0 aliphatic carbocycles. The summed E-state index contributed by atoms with van der Waals surface area (Å²) in [5.74, 6) is 0.570. The molecule has 0 aromatic heterocycles. The van der Waals surface area contributed by atoms with Crippen LogP contribution in [0.3, 0.4) is 0 Å². The van der Waals surface area contributed by atoms with Gasteiger partial charge in [-0.2, -0.15) is 0 Å². The molecular weight excluding hydrogens is 298 g/mol. The third kappa shape index (κ3) is 3.75. The van der Waals surface area contributed by atoms with Gasteiger partial charge in [0.2, 0.25) is 0 Å². The van der Waals surface area contributed by atoms with Gasteiger partial charge >= 0.3 is 5.97 Å². The van der Waals surface area contributed by atoms with Gasteiger partial charge < -0.3 is 19.1 Å². The van der Waals surface area contributed by atoms with Crippen molar-refractivity contribution in [1.29, 1.82) is 0 Å². The second-order valence-electron chi connectivity index (χ2n) is 5.36. The van der Waals surface area contributed by atoms with Crippen molar-refractivity contribution in [3.8, 4) is 11.5 Å². The van der Waals surface area contributed by atoms with Gasteiger partial charge in [-0.15, -0.1) is 0 Å². The first-order chi connectivity index (χ1) is 11.1. The molecule has 1 aliphatic heterocycles. The van der Waals surface area contributed by atoms with Crippen LogP contribution in [0.4, 0.5) is 0 Å². The van der Waals surface area contributed by atoms with E-state index >= 15 is 0 Å². The summed E-state index contributed by atoms with van der Waals surface area (Å²) in [5, 5.41) is 0. The molecular formula is C17H23NO5. The van der Waals surface area contributed by atoms with Gasteiger partial charge in [0.1, 0.15) is 0 Å². The maximum Gasteiger partial charge on any atom is 0.309 e. The molecule has 0 atom stereocenters. The number of hydrogen-bond donors (Lipinski definition) is 0. The number of carbonyl (C=O) groups is 2. The van der Waals surface area contributed by atoms with E-state index in [0.29, 0.717) is 49.6 Å². The molecule has 23 heavy (non-hydrogen) atoms. The average Bonchev–Trinajstić information content (AvgIpc) is 2.60. The molecule has 0 unspecified atom stereocenters. The highest BCUT2D eigenvalue weighted by Gasteiger charge is 2.30. The van der Waals surface area contributed by atoms with E-state index in [2.05, 4.69) is 0 Å². The number of para-hydroxylation sites is 1. The van der Waals surface area contributed by atoms with Crippen molar-refractivity contribution in [2.75, 3.05) is 33.9 Å². The number of nitrogens with zero attached hydrogens (tertiary/aromatic N) is 1. The number of carbonyl (C=O) groups excluding carboxylic acids is 2. The molecule has 0 saturated carbocycles. The number of methoxy groups -OCH3 is 2. The molecule has 6 nitrogen and oxygen atoms in total. The number of esters is 1. The lowest BCUT2D eigenvalue weighted by atomic mass is 9.96. The van der Waals surface area contributed by atoms with Crippen LogP contribution in [-0.2, 0) is 9.53 Å². The van der Waals surface area contributed by atoms with E-state index in [-0.39, 0.29) is 17.8 Å². The van der Waals surface area contributed by atoms with Crippen LogP contribution in [0.15, 0.2) is 18.2 Å². The topological polar surface area (TPSA) is 65.1 Å². The fraction of sp³-hybridized carbons (Fsp3) is 0.529. The molecule has 1 heterocycles. The van der Waals surface area contributed by atoms with Gasteiger partial charge in [0.05, 0.1) is 32.3 Å². The Labute approximate surface area is 136 Å². The van der Waals surface area contributed by atoms with Gasteiger partial charge in [-0.1, -0.05) is 6.07 Å². The van der Waals surface area contributed by atoms with Crippen molar-refractivity contribution in [3.63, 3.8) is 0 Å². The minimum atomic E-state index is -0.168. The second kappa shape index (κ2) is 7.85. The minimum Gasteiger partial charge on any atom is -0.493 e. The summed E-state index contributed by atoms with van der Waals surface area (Å²) in [7, 11) is 3.05. The second-order valence-corrected chi connectivity index (χ2v) is 5.36. The Morgan fingerprint density at radius 1 is 1.17 bits per heavy atom. The molecule has 0 spiro atoms. The fourth-order valence-electron chi connectivity index (χ4n) is 2.80. The lowest BCUT2D eigenvalue weighted by Gasteiger charge is -2.31. The summed E-state index contributed by atoms with van der Waals surface area (Å²) in [4.78, 5) is 26.2. The Morgan fingerprint density at radius 3 is 2.43 bits per heavy atom. The number of likely N-dealkylation sites (tertiary alicyclic amines) is 1. The molecule has 6 heteroatoms. The molecule has 1 aliphatic rings. The van der Waals surface area contributed by atoms with Gasteiger partial charge in [-0.3, -0.25) is 9.59 Å². The predicted octanol–water partition coefficient (Wildman–Crippen LogP) is 2.12. The van der Waals surface area contributed by atoms with Gasteiger partial charge in [0, 0.05) is 13.1 Å². The van der Waals surface area contributed by atoms with Gasteiger partial charge in [-0.25, -0.2) is 0 Å². The highest BCUT2D eigenvalue weighted by atomic mass is 16.5. The summed E-state index contributed by atoms with van der Waals surface area (Å²) in [6, 6.07) is 5.24. The smallest absolute Gasteiger partial charge is 0.309 e. The molecule has 1 aromatic rings. The molecule has 0 bridgehead atoms. The summed E-state index contributed by atoms with van der Waals surface area (Å²) < 4.78 is 15.6. The lowest BCUT2D eigenvalue weighted by Crippen LogP contribution is -2.40. The highest BCUT2D eigenvalue weighted by molar-refractivity contribution is 5.98. The van der Waals surface area contributed by atoms with Crippen molar-refractivity contribution in [1.82, 2.24) is 4.90 Å². The normalized spacial score (nSPS) is 15.2. The summed E-state index contributed by atoms with van der Waals surface area (Å²) in [6.45, 7) is 3.25. The van der Waals surface area contributed by atoms with Gasteiger partial charge in [0.15, 0.2) is 11.5 Å². The van der Waals surface area contributed by atoms with E-state index in [9.17, 15) is 9.59 Å². The van der Waals surface area contributed by atoms with E-state index in [1.165, 1.54) is 14.2 Å². The van der Waals surface area contributed by atoms with E-state index in [1.807, 2.05) is 0 Å². The summed E-state index contributed by atoms with van der Waals surface area (Å²) >= 11 is 0. The van der Waals surface area contributed by atoms with Crippen LogP contribution in [0.5, 0.6) is 11.5 Å². The SMILES string of the molecule is CCOC(=O)C1CCN(C(=O)c2cccc(OC)c2OC)CC1. The minimum absolute atomic E-state index is 0.108. The zero-order chi connectivity index (χ0) is 16.8. The van der Waals surface area contributed by atoms with Crippen LogP contribution in [0, 0.1) is 5.92 Å². The van der Waals surface area contributed by atoms with Gasteiger partial charge in [-0.05, 0) is 31.9 Å². The van der Waals surface area contributed by atoms with Crippen molar-refractivity contribution in [3.05, 3.63) is 23.8 Å². The zero-order valence-electron chi connectivity index (χ0n) is 13.8. The van der Waals surface area contributed by atoms with Crippen molar-refractivity contribution < 1.29 is 23.8 Å². The molecule has 1 fully saturated rings. The van der Waals surface area contributed by atoms with E-state index in [0.717, 1.165) is 0 Å². The maximum absolute atomic E-state index is 12.7. The maximum atomic E-state index is 12.7. The Balaban J connectivity index is 2.07. The van der Waals surface area contributed by atoms with Crippen LogP contribution < -0.4 is 9.47 Å². The molecule has 126 valence electrons. The first-order valence-corrected chi connectivity index (χ1v) is 7.79. The molecule has 1 aromatic carbocycles. The number of ether oxygens (including phenoxy) is 3. The number of piperidine rings is 1. The quantitative estimate of drug-likeness (QED) is 0.777. The first kappa shape index (κ1) is 17.1. The Hall–Kier alpha value is -2.24. The molecule has 2 rings (SSSR count). The summed E-state index contributed by atoms with van der Waals surface area (Å²) in [5.41, 5.74) is 0.474. The van der Waals surface area contributed by atoms with Crippen LogP contribution >= 0.6 is 0 Å². The van der Waals surface area contributed by atoms with Crippen LogP contribution in [0.2, 0.25) is 0 Å². The van der Waals surface area contributed by atoms with Crippen LogP contribution in [-0.4, -0.2) is 50.7 Å². The molecule has 0 radical (unpaired) electrons. The third-order valence-electron chi connectivity index (χ3n) is 4.04. The molecule has 1 saturated heterocycles. The van der Waals surface area contributed by atoms with Crippen molar-refractivity contribution in [2.24, 2.45) is 5.92 Å². The van der Waals surface area contributed by atoms with Crippen LogP contribution in [0.1, 0.15) is 30.1 Å². The fourth-order valence-corrected chi connectivity index (χ4v) is 2.80. The third-order valence-corrected chi connectivity index (χ3v) is 4.04. The Morgan fingerprint density at radius 2 is 1.87 bits per heavy atom. The van der Waals surface area contributed by atoms with Gasteiger partial charge in [0.25, 0.3) is 5.91 Å². The number of amides is 1. The average molecular weight is 321 g/mol. The predicted molar refractivity (Wildman–Crippen MR) is 84.8 cm³/mol. The van der Waals surface area contributed by atoms with E-state index < -0.39 is 0 Å². The zero-order valence-corrected chi connectivity index (χ0v) is 13.8. The number of hydrogen-bond acceptors (Lipinski definition) is 5. The summed E-state index contributed by atoms with van der Waals surface area (Å²) in [6.07, 6.45) is 1.24. The monoisotopic (exact) mass is 321 g/mol. The first-order valence-electron chi connectivity index (χ1n) is 7.79. The Bertz CT molecular complexity index is 564. The lowest BCUT2D eigenvalue weighted by molar-refractivity contribution is -0.149. The Kier molecular flexibility index (Phi) is 5.84. The number of benzene rings is 1. The highest BCUT2D eigenvalue weighted by Crippen LogP contribution is 2.32. The number of rotatable bonds is 5. The van der Waals surface area contributed by atoms with E-state index in [1.54, 1.807) is 30.0 Å². The van der Waals surface area contributed by atoms with Crippen molar-refractivity contribution in [2.45, 2.75) is 19.8 Å². The molecule has 0 N–H and O–H groups in total. The largest absolute Gasteiger partial charge is 0.493 e. The van der Waals surface area contributed by atoms with E-state index in [4.69, 9.17) is 14.2 Å².